The highest BCUT2D eigenvalue weighted by Crippen LogP contribution is 2.35. The molecule has 0 heterocycles. The Bertz CT molecular complexity index is 357. The summed E-state index contributed by atoms with van der Waals surface area (Å²) in [7, 11) is 2.22. The van der Waals surface area contributed by atoms with E-state index in [4.69, 9.17) is 0 Å². The first kappa shape index (κ1) is 16.8. The summed E-state index contributed by atoms with van der Waals surface area (Å²) in [4.78, 5) is 14.3. The quantitative estimate of drug-likeness (QED) is 0.819. The van der Waals surface area contributed by atoms with E-state index in [-0.39, 0.29) is 0 Å². The van der Waals surface area contributed by atoms with Crippen LogP contribution in [-0.4, -0.2) is 47.2 Å². The van der Waals surface area contributed by atoms with Crippen LogP contribution >= 0.6 is 0 Å². The Balaban J connectivity index is 2.07. The van der Waals surface area contributed by atoms with Gasteiger partial charge in [0.15, 0.2) is 0 Å². The van der Waals surface area contributed by atoms with E-state index in [1.165, 1.54) is 25.7 Å². The van der Waals surface area contributed by atoms with Crippen molar-refractivity contribution in [3.05, 3.63) is 0 Å². The highest BCUT2D eigenvalue weighted by Gasteiger charge is 2.44. The van der Waals surface area contributed by atoms with Crippen molar-refractivity contribution < 1.29 is 9.90 Å². The van der Waals surface area contributed by atoms with Crippen LogP contribution in [0.15, 0.2) is 0 Å². The number of nitrogens with zero attached hydrogens (tertiary/aromatic N) is 1. The Morgan fingerprint density at radius 3 is 2.62 bits per heavy atom. The Hall–Kier alpha value is -0.610. The van der Waals surface area contributed by atoms with E-state index in [9.17, 15) is 9.90 Å². The molecule has 0 aliphatic heterocycles. The minimum absolute atomic E-state index is 0.402. The molecule has 2 fully saturated rings. The molecule has 4 atom stereocenters. The standard InChI is InChI=1S/C17H32N2O2/c1-4-18-17(16(20)21)11-7-9-14(12-17)19(3)15-10-6-5-8-13(15)2/h13-15,18H,4-12H2,1-3H3,(H,20,21). The third-order valence-corrected chi connectivity index (χ3v) is 5.81. The van der Waals surface area contributed by atoms with Gasteiger partial charge >= 0.3 is 5.97 Å². The van der Waals surface area contributed by atoms with Crippen molar-refractivity contribution in [2.24, 2.45) is 5.92 Å². The minimum atomic E-state index is -0.705. The highest BCUT2D eigenvalue weighted by atomic mass is 16.4. The number of carboxylic acids is 1. The van der Waals surface area contributed by atoms with E-state index in [0.717, 1.165) is 38.1 Å². The molecule has 2 aliphatic rings. The molecule has 0 radical (unpaired) electrons. The molecule has 0 aromatic heterocycles. The average Bonchev–Trinajstić information content (AvgIpc) is 2.47. The summed E-state index contributed by atoms with van der Waals surface area (Å²) in [6.45, 7) is 5.09. The first-order valence-corrected chi connectivity index (χ1v) is 8.70. The zero-order valence-corrected chi connectivity index (χ0v) is 13.9. The van der Waals surface area contributed by atoms with Gasteiger partial charge in [-0.2, -0.15) is 0 Å². The number of carboxylic acid groups (broad SMARTS) is 1. The second kappa shape index (κ2) is 7.10. The van der Waals surface area contributed by atoms with Gasteiger partial charge in [0.2, 0.25) is 0 Å². The van der Waals surface area contributed by atoms with Crippen molar-refractivity contribution in [2.45, 2.75) is 82.8 Å². The molecule has 2 rings (SSSR count). The third kappa shape index (κ3) is 3.59. The van der Waals surface area contributed by atoms with Gasteiger partial charge in [-0.3, -0.25) is 4.79 Å². The van der Waals surface area contributed by atoms with Crippen LogP contribution in [0.4, 0.5) is 0 Å². The van der Waals surface area contributed by atoms with E-state index >= 15 is 0 Å². The van der Waals surface area contributed by atoms with Crippen molar-refractivity contribution in [3.63, 3.8) is 0 Å². The van der Waals surface area contributed by atoms with E-state index in [0.29, 0.717) is 12.1 Å². The number of likely N-dealkylation sites (N-methyl/N-ethyl adjacent to an activating group) is 1. The molecule has 0 aromatic carbocycles. The van der Waals surface area contributed by atoms with Gasteiger partial charge in [0.1, 0.15) is 5.54 Å². The molecule has 0 aromatic rings. The second-order valence-corrected chi connectivity index (χ2v) is 7.16. The minimum Gasteiger partial charge on any atom is -0.480 e. The van der Waals surface area contributed by atoms with Gasteiger partial charge in [-0.1, -0.05) is 26.7 Å². The van der Waals surface area contributed by atoms with Gasteiger partial charge in [-0.15, -0.1) is 0 Å². The van der Waals surface area contributed by atoms with Gasteiger partial charge in [-0.05, 0) is 58.0 Å². The van der Waals surface area contributed by atoms with E-state index in [1.54, 1.807) is 0 Å². The highest BCUT2D eigenvalue weighted by molar-refractivity contribution is 5.79. The topological polar surface area (TPSA) is 52.6 Å². The number of aliphatic carboxylic acids is 1. The molecule has 0 spiro atoms. The molecule has 2 N–H and O–H groups in total. The van der Waals surface area contributed by atoms with Crippen LogP contribution in [0, 0.1) is 5.92 Å². The number of hydrogen-bond donors (Lipinski definition) is 2. The monoisotopic (exact) mass is 296 g/mol. The van der Waals surface area contributed by atoms with Gasteiger partial charge in [0, 0.05) is 12.1 Å². The Labute approximate surface area is 129 Å². The lowest BCUT2D eigenvalue weighted by molar-refractivity contribution is -0.147. The van der Waals surface area contributed by atoms with E-state index < -0.39 is 11.5 Å². The van der Waals surface area contributed by atoms with Crippen LogP contribution in [0.3, 0.4) is 0 Å². The summed E-state index contributed by atoms with van der Waals surface area (Å²) in [5.41, 5.74) is -0.705. The van der Waals surface area contributed by atoms with Crippen LogP contribution in [0.25, 0.3) is 0 Å². The summed E-state index contributed by atoms with van der Waals surface area (Å²) in [6, 6.07) is 1.04. The first-order valence-electron chi connectivity index (χ1n) is 8.70. The lowest BCUT2D eigenvalue weighted by Crippen LogP contribution is -2.59. The predicted molar refractivity (Wildman–Crippen MR) is 85.5 cm³/mol. The summed E-state index contributed by atoms with van der Waals surface area (Å²) in [5, 5.41) is 13.0. The van der Waals surface area contributed by atoms with Crippen molar-refractivity contribution in [3.8, 4) is 0 Å². The summed E-state index contributed by atoms with van der Waals surface area (Å²) in [6.07, 6.45) is 8.93. The molecule has 122 valence electrons. The maximum atomic E-state index is 11.8. The SMILES string of the molecule is CCNC1(C(=O)O)CCCC(N(C)C2CCCCC2C)C1. The number of nitrogens with one attached hydrogen (secondary N) is 1. The molecular weight excluding hydrogens is 264 g/mol. The third-order valence-electron chi connectivity index (χ3n) is 5.81. The fourth-order valence-electron chi connectivity index (χ4n) is 4.53. The summed E-state index contributed by atoms with van der Waals surface area (Å²) < 4.78 is 0. The second-order valence-electron chi connectivity index (χ2n) is 7.16. The largest absolute Gasteiger partial charge is 0.480 e. The van der Waals surface area contributed by atoms with Crippen molar-refractivity contribution >= 4 is 5.97 Å². The zero-order valence-electron chi connectivity index (χ0n) is 13.9. The molecule has 2 saturated carbocycles. The summed E-state index contributed by atoms with van der Waals surface area (Å²) in [5.74, 6) is 0.0724. The Kier molecular flexibility index (Phi) is 5.67. The summed E-state index contributed by atoms with van der Waals surface area (Å²) >= 11 is 0. The van der Waals surface area contributed by atoms with Crippen molar-refractivity contribution in [1.82, 2.24) is 10.2 Å². The van der Waals surface area contributed by atoms with Crippen LogP contribution in [0.1, 0.15) is 65.2 Å². The van der Waals surface area contributed by atoms with Crippen LogP contribution in [0.2, 0.25) is 0 Å². The van der Waals surface area contributed by atoms with Crippen LogP contribution < -0.4 is 5.32 Å². The maximum Gasteiger partial charge on any atom is 0.323 e. The molecule has 21 heavy (non-hydrogen) atoms. The molecule has 0 bridgehead atoms. The average molecular weight is 296 g/mol. The Morgan fingerprint density at radius 2 is 2.00 bits per heavy atom. The Morgan fingerprint density at radius 1 is 1.29 bits per heavy atom. The molecule has 4 heteroatoms. The van der Waals surface area contributed by atoms with E-state index in [1.807, 2.05) is 6.92 Å². The van der Waals surface area contributed by atoms with Crippen molar-refractivity contribution in [2.75, 3.05) is 13.6 Å². The van der Waals surface area contributed by atoms with Crippen LogP contribution in [-0.2, 0) is 4.79 Å². The van der Waals surface area contributed by atoms with Gasteiger partial charge in [0.25, 0.3) is 0 Å². The van der Waals surface area contributed by atoms with E-state index in [2.05, 4.69) is 24.2 Å². The molecule has 0 amide bonds. The fraction of sp³-hybridized carbons (Fsp3) is 0.941. The number of carbonyl (C=O) groups is 1. The van der Waals surface area contributed by atoms with Crippen molar-refractivity contribution in [1.29, 1.82) is 0 Å². The van der Waals surface area contributed by atoms with Crippen LogP contribution in [0.5, 0.6) is 0 Å². The molecular formula is C17H32N2O2. The lowest BCUT2D eigenvalue weighted by Gasteiger charge is -2.46. The predicted octanol–water partition coefficient (Wildman–Crippen LogP) is 2.87. The zero-order chi connectivity index (χ0) is 15.5. The molecule has 0 saturated heterocycles. The number of hydrogen-bond acceptors (Lipinski definition) is 3. The van der Waals surface area contributed by atoms with Gasteiger partial charge in [0.05, 0.1) is 0 Å². The molecule has 2 aliphatic carbocycles. The first-order chi connectivity index (χ1) is 10.00. The van der Waals surface area contributed by atoms with Gasteiger partial charge in [-0.25, -0.2) is 0 Å². The smallest absolute Gasteiger partial charge is 0.323 e. The lowest BCUT2D eigenvalue weighted by atomic mass is 9.76. The number of rotatable bonds is 5. The maximum absolute atomic E-state index is 11.8. The normalized spacial score (nSPS) is 37.6. The van der Waals surface area contributed by atoms with Gasteiger partial charge < -0.3 is 15.3 Å². The fourth-order valence-corrected chi connectivity index (χ4v) is 4.53. The molecule has 4 nitrogen and oxygen atoms in total. The molecule has 4 unspecified atom stereocenters.